The number of nitrogens with zero attached hydrogens (tertiary/aromatic N) is 3. The molecule has 116 valence electrons. The van der Waals surface area contributed by atoms with Crippen molar-refractivity contribution in [3.05, 3.63) is 29.8 Å². The lowest BCUT2D eigenvalue weighted by Crippen LogP contribution is -2.52. The largest absolute Gasteiger partial charge is 0.368 e. The van der Waals surface area contributed by atoms with E-state index in [1.165, 1.54) is 11.3 Å². The number of amides is 2. The Kier molecular flexibility index (Phi) is 5.44. The fourth-order valence-electron chi connectivity index (χ4n) is 2.57. The first kappa shape index (κ1) is 15.6. The summed E-state index contributed by atoms with van der Waals surface area (Å²) in [5, 5.41) is 2.98. The monoisotopic (exact) mass is 290 g/mol. The number of hydrogen-bond donors (Lipinski definition) is 1. The average molecular weight is 290 g/mol. The van der Waals surface area contributed by atoms with Crippen LogP contribution in [-0.4, -0.2) is 69.2 Å². The van der Waals surface area contributed by atoms with E-state index in [9.17, 15) is 4.79 Å². The molecule has 1 aliphatic heterocycles. The summed E-state index contributed by atoms with van der Waals surface area (Å²) in [5.41, 5.74) is 2.58. The summed E-state index contributed by atoms with van der Waals surface area (Å²) in [7, 11) is 4.01. The molecular formula is C16H26N4O. The number of carbonyl (C=O) groups excluding carboxylic acids is 1. The number of aryl methyl sites for hydroxylation is 1. The zero-order valence-corrected chi connectivity index (χ0v) is 13.3. The highest BCUT2D eigenvalue weighted by Gasteiger charge is 2.21. The summed E-state index contributed by atoms with van der Waals surface area (Å²) in [6.45, 7) is 7.05. The standard InChI is InChI=1S/C16H26N4O/c1-14-6-4-5-7-15(14)19-10-12-20(13-11-19)16(21)17-8-9-18(2)3/h4-7H,8-13H2,1-3H3,(H,17,21). The first-order valence-electron chi connectivity index (χ1n) is 7.56. The van der Waals surface area contributed by atoms with Crippen LogP contribution in [0.2, 0.25) is 0 Å². The maximum atomic E-state index is 12.1. The molecule has 1 aliphatic rings. The molecule has 1 aromatic carbocycles. The van der Waals surface area contributed by atoms with Gasteiger partial charge < -0.3 is 20.0 Å². The van der Waals surface area contributed by atoms with Crippen LogP contribution in [0.4, 0.5) is 10.5 Å². The normalized spacial score (nSPS) is 15.4. The molecule has 2 rings (SSSR count). The fraction of sp³-hybridized carbons (Fsp3) is 0.562. The van der Waals surface area contributed by atoms with E-state index >= 15 is 0 Å². The third kappa shape index (κ3) is 4.36. The number of carbonyl (C=O) groups is 1. The molecular weight excluding hydrogens is 264 g/mol. The molecule has 0 spiro atoms. The Bertz CT molecular complexity index is 467. The van der Waals surface area contributed by atoms with E-state index in [2.05, 4.69) is 46.3 Å². The predicted molar refractivity (Wildman–Crippen MR) is 86.9 cm³/mol. The number of piperazine rings is 1. The fourth-order valence-corrected chi connectivity index (χ4v) is 2.57. The molecule has 1 heterocycles. The zero-order valence-electron chi connectivity index (χ0n) is 13.3. The summed E-state index contributed by atoms with van der Waals surface area (Å²) in [5.74, 6) is 0. The van der Waals surface area contributed by atoms with Gasteiger partial charge in [0, 0.05) is 45.0 Å². The number of rotatable bonds is 4. The van der Waals surface area contributed by atoms with Gasteiger partial charge >= 0.3 is 6.03 Å². The van der Waals surface area contributed by atoms with Crippen molar-refractivity contribution in [2.24, 2.45) is 0 Å². The van der Waals surface area contributed by atoms with Crippen molar-refractivity contribution in [3.63, 3.8) is 0 Å². The number of likely N-dealkylation sites (N-methyl/N-ethyl adjacent to an activating group) is 1. The van der Waals surface area contributed by atoms with Crippen LogP contribution in [0.15, 0.2) is 24.3 Å². The lowest BCUT2D eigenvalue weighted by atomic mass is 10.1. The molecule has 0 unspecified atom stereocenters. The minimum absolute atomic E-state index is 0.0567. The molecule has 0 aliphatic carbocycles. The summed E-state index contributed by atoms with van der Waals surface area (Å²) in [4.78, 5) is 18.4. The molecule has 2 amide bonds. The lowest BCUT2D eigenvalue weighted by Gasteiger charge is -2.36. The van der Waals surface area contributed by atoms with E-state index in [0.29, 0.717) is 6.54 Å². The van der Waals surface area contributed by atoms with Gasteiger partial charge in [0.05, 0.1) is 0 Å². The molecule has 0 aromatic heterocycles. The molecule has 5 heteroatoms. The molecule has 0 atom stereocenters. The van der Waals surface area contributed by atoms with Crippen molar-refractivity contribution in [1.82, 2.24) is 15.1 Å². The third-order valence-corrected chi connectivity index (χ3v) is 3.86. The summed E-state index contributed by atoms with van der Waals surface area (Å²) < 4.78 is 0. The van der Waals surface area contributed by atoms with Gasteiger partial charge in [-0.2, -0.15) is 0 Å². The molecule has 0 radical (unpaired) electrons. The van der Waals surface area contributed by atoms with Gasteiger partial charge in [-0.3, -0.25) is 0 Å². The first-order valence-corrected chi connectivity index (χ1v) is 7.56. The third-order valence-electron chi connectivity index (χ3n) is 3.86. The SMILES string of the molecule is Cc1ccccc1N1CCN(C(=O)NCCN(C)C)CC1. The van der Waals surface area contributed by atoms with Gasteiger partial charge in [0.25, 0.3) is 0 Å². The van der Waals surface area contributed by atoms with Crippen molar-refractivity contribution in [2.45, 2.75) is 6.92 Å². The average Bonchev–Trinajstić information content (AvgIpc) is 2.47. The quantitative estimate of drug-likeness (QED) is 0.911. The Morgan fingerprint density at radius 3 is 2.48 bits per heavy atom. The van der Waals surface area contributed by atoms with Crippen LogP contribution in [0.1, 0.15) is 5.56 Å². The van der Waals surface area contributed by atoms with Crippen LogP contribution in [0.5, 0.6) is 0 Å². The summed E-state index contributed by atoms with van der Waals surface area (Å²) in [6.07, 6.45) is 0. The summed E-state index contributed by atoms with van der Waals surface area (Å²) >= 11 is 0. The van der Waals surface area contributed by atoms with Crippen molar-refractivity contribution >= 4 is 11.7 Å². The van der Waals surface area contributed by atoms with E-state index < -0.39 is 0 Å². The second-order valence-corrected chi connectivity index (χ2v) is 5.80. The van der Waals surface area contributed by atoms with Crippen LogP contribution in [-0.2, 0) is 0 Å². The minimum Gasteiger partial charge on any atom is -0.368 e. The number of anilines is 1. The summed E-state index contributed by atoms with van der Waals surface area (Å²) in [6, 6.07) is 8.48. The molecule has 0 bridgehead atoms. The van der Waals surface area contributed by atoms with Crippen LogP contribution in [0, 0.1) is 6.92 Å². The molecule has 21 heavy (non-hydrogen) atoms. The van der Waals surface area contributed by atoms with E-state index in [0.717, 1.165) is 32.7 Å². The Morgan fingerprint density at radius 2 is 1.86 bits per heavy atom. The topological polar surface area (TPSA) is 38.8 Å². The predicted octanol–water partition coefficient (Wildman–Crippen LogP) is 1.39. The van der Waals surface area contributed by atoms with Gasteiger partial charge in [0.2, 0.25) is 0 Å². The Morgan fingerprint density at radius 1 is 1.19 bits per heavy atom. The minimum atomic E-state index is 0.0567. The van der Waals surface area contributed by atoms with Gasteiger partial charge in [-0.05, 0) is 32.6 Å². The maximum Gasteiger partial charge on any atom is 0.317 e. The molecule has 1 fully saturated rings. The van der Waals surface area contributed by atoms with Crippen molar-refractivity contribution in [3.8, 4) is 0 Å². The second kappa shape index (κ2) is 7.31. The first-order chi connectivity index (χ1) is 10.1. The van der Waals surface area contributed by atoms with Crippen LogP contribution < -0.4 is 10.2 Å². The Hall–Kier alpha value is -1.75. The van der Waals surface area contributed by atoms with Gasteiger partial charge in [-0.25, -0.2) is 4.79 Å². The highest BCUT2D eigenvalue weighted by atomic mass is 16.2. The van der Waals surface area contributed by atoms with Crippen molar-refractivity contribution < 1.29 is 4.79 Å². The lowest BCUT2D eigenvalue weighted by molar-refractivity contribution is 0.193. The number of urea groups is 1. The number of nitrogens with one attached hydrogen (secondary N) is 1. The van der Waals surface area contributed by atoms with Crippen LogP contribution in [0.3, 0.4) is 0 Å². The zero-order chi connectivity index (χ0) is 15.2. The van der Waals surface area contributed by atoms with Crippen LogP contribution in [0.25, 0.3) is 0 Å². The van der Waals surface area contributed by atoms with Gasteiger partial charge in [0.1, 0.15) is 0 Å². The highest BCUT2D eigenvalue weighted by Crippen LogP contribution is 2.20. The molecule has 1 aromatic rings. The van der Waals surface area contributed by atoms with Gasteiger partial charge in [0.15, 0.2) is 0 Å². The Balaban J connectivity index is 1.80. The van der Waals surface area contributed by atoms with E-state index in [1.807, 2.05) is 19.0 Å². The van der Waals surface area contributed by atoms with Gasteiger partial charge in [-0.15, -0.1) is 0 Å². The second-order valence-electron chi connectivity index (χ2n) is 5.80. The van der Waals surface area contributed by atoms with Gasteiger partial charge in [-0.1, -0.05) is 18.2 Å². The van der Waals surface area contributed by atoms with Crippen molar-refractivity contribution in [2.75, 3.05) is 58.3 Å². The number of para-hydroxylation sites is 1. The maximum absolute atomic E-state index is 12.1. The van der Waals surface area contributed by atoms with E-state index in [-0.39, 0.29) is 6.03 Å². The van der Waals surface area contributed by atoms with Crippen LogP contribution >= 0.6 is 0 Å². The van der Waals surface area contributed by atoms with E-state index in [4.69, 9.17) is 0 Å². The molecule has 5 nitrogen and oxygen atoms in total. The number of benzene rings is 1. The van der Waals surface area contributed by atoms with E-state index in [1.54, 1.807) is 0 Å². The Labute approximate surface area is 127 Å². The number of hydrogen-bond acceptors (Lipinski definition) is 3. The smallest absolute Gasteiger partial charge is 0.317 e. The molecule has 1 saturated heterocycles. The highest BCUT2D eigenvalue weighted by molar-refractivity contribution is 5.74. The van der Waals surface area contributed by atoms with Crippen molar-refractivity contribution in [1.29, 1.82) is 0 Å². The molecule has 1 N–H and O–H groups in total. The molecule has 0 saturated carbocycles.